The third-order valence-corrected chi connectivity index (χ3v) is 1.74. The molecular formula is C4H9O5P. The number of carboxylic acids is 1. The van der Waals surface area contributed by atoms with Gasteiger partial charge in [-0.3, -0.25) is 9.36 Å². The zero-order valence-electron chi connectivity index (χ0n) is 5.23. The van der Waals surface area contributed by atoms with E-state index in [1.54, 1.807) is 0 Å². The van der Waals surface area contributed by atoms with Crippen LogP contribution in [0, 0.1) is 0 Å². The third kappa shape index (κ3) is 7.62. The van der Waals surface area contributed by atoms with Crippen LogP contribution in [0.15, 0.2) is 0 Å². The van der Waals surface area contributed by atoms with Crippen molar-refractivity contribution in [3.63, 3.8) is 0 Å². The van der Waals surface area contributed by atoms with Crippen molar-refractivity contribution in [1.29, 1.82) is 0 Å². The zero-order chi connectivity index (χ0) is 8.20. The van der Waals surface area contributed by atoms with Gasteiger partial charge in [-0.05, 0) is 6.42 Å². The highest BCUT2D eigenvalue weighted by atomic mass is 31.2. The van der Waals surface area contributed by atoms with Crippen LogP contribution in [-0.2, 0) is 9.36 Å². The molecule has 0 aliphatic heterocycles. The van der Waals surface area contributed by atoms with E-state index in [0.29, 0.717) is 0 Å². The van der Waals surface area contributed by atoms with Crippen molar-refractivity contribution in [3.05, 3.63) is 0 Å². The molecule has 0 saturated carbocycles. The van der Waals surface area contributed by atoms with Gasteiger partial charge in [0.05, 0.1) is 6.16 Å². The van der Waals surface area contributed by atoms with Crippen molar-refractivity contribution in [2.75, 3.05) is 6.16 Å². The van der Waals surface area contributed by atoms with Gasteiger partial charge in [0, 0.05) is 6.42 Å². The van der Waals surface area contributed by atoms with Crippen LogP contribution < -0.4 is 0 Å². The number of aliphatic carboxylic acids is 1. The van der Waals surface area contributed by atoms with Gasteiger partial charge in [0.1, 0.15) is 0 Å². The Morgan fingerprint density at radius 2 is 1.90 bits per heavy atom. The number of hydrogen-bond acceptors (Lipinski definition) is 2. The van der Waals surface area contributed by atoms with Crippen molar-refractivity contribution >= 4 is 13.6 Å². The summed E-state index contributed by atoms with van der Waals surface area (Å²) in [5.41, 5.74) is 0. The Morgan fingerprint density at radius 1 is 1.40 bits per heavy atom. The lowest BCUT2D eigenvalue weighted by Gasteiger charge is -1.99. The standard InChI is InChI=1S/C4H9O5P/c5-4(6)2-1-3-10(7,8)9/h1-3H2,(H,5,6)(H2,7,8,9). The summed E-state index contributed by atoms with van der Waals surface area (Å²) < 4.78 is 10.1. The van der Waals surface area contributed by atoms with Crippen LogP contribution in [0.3, 0.4) is 0 Å². The van der Waals surface area contributed by atoms with E-state index in [1.165, 1.54) is 0 Å². The van der Waals surface area contributed by atoms with Crippen LogP contribution in [0.1, 0.15) is 12.8 Å². The summed E-state index contributed by atoms with van der Waals surface area (Å²) in [7, 11) is -3.99. The maximum Gasteiger partial charge on any atom is 0.325 e. The molecule has 6 heteroatoms. The molecule has 0 fully saturated rings. The van der Waals surface area contributed by atoms with Gasteiger partial charge >= 0.3 is 13.6 Å². The molecule has 0 aliphatic rings. The molecule has 0 unspecified atom stereocenters. The summed E-state index contributed by atoms with van der Waals surface area (Å²) in [6.07, 6.45) is -0.510. The highest BCUT2D eigenvalue weighted by Gasteiger charge is 2.12. The molecule has 5 nitrogen and oxygen atoms in total. The molecule has 0 heterocycles. The fraction of sp³-hybridized carbons (Fsp3) is 0.750. The van der Waals surface area contributed by atoms with Crippen molar-refractivity contribution in [2.24, 2.45) is 0 Å². The van der Waals surface area contributed by atoms with Gasteiger partial charge in [-0.2, -0.15) is 0 Å². The van der Waals surface area contributed by atoms with E-state index in [1.807, 2.05) is 0 Å². The molecule has 0 amide bonds. The lowest BCUT2D eigenvalue weighted by atomic mass is 10.3. The van der Waals surface area contributed by atoms with E-state index >= 15 is 0 Å². The highest BCUT2D eigenvalue weighted by Crippen LogP contribution is 2.35. The molecule has 60 valence electrons. The highest BCUT2D eigenvalue weighted by molar-refractivity contribution is 7.51. The van der Waals surface area contributed by atoms with Gasteiger partial charge in [0.15, 0.2) is 0 Å². The summed E-state index contributed by atoms with van der Waals surface area (Å²) in [6, 6.07) is 0. The minimum Gasteiger partial charge on any atom is -0.481 e. The Balaban J connectivity index is 3.39. The number of hydrogen-bond donors (Lipinski definition) is 3. The summed E-state index contributed by atoms with van der Waals surface area (Å²) in [5, 5.41) is 8.06. The first-order valence-electron chi connectivity index (χ1n) is 2.68. The monoisotopic (exact) mass is 168 g/mol. The Hall–Kier alpha value is -0.380. The molecule has 0 aromatic carbocycles. The molecule has 10 heavy (non-hydrogen) atoms. The average Bonchev–Trinajstić information content (AvgIpc) is 1.59. The average molecular weight is 168 g/mol. The first kappa shape index (κ1) is 9.62. The number of rotatable bonds is 4. The Bertz CT molecular complexity index is 159. The van der Waals surface area contributed by atoms with Gasteiger partial charge in [-0.15, -0.1) is 0 Å². The topological polar surface area (TPSA) is 94.8 Å². The molecule has 0 saturated heterocycles. The summed E-state index contributed by atoms with van der Waals surface area (Å²) in [4.78, 5) is 26.3. The molecule has 0 radical (unpaired) electrons. The van der Waals surface area contributed by atoms with Crippen LogP contribution in [0.2, 0.25) is 0 Å². The Kier molecular flexibility index (Phi) is 3.57. The maximum atomic E-state index is 10.1. The first-order chi connectivity index (χ1) is 4.42. The molecule has 0 spiro atoms. The predicted octanol–water partition coefficient (Wildman–Crippen LogP) is 0.0289. The van der Waals surface area contributed by atoms with Crippen molar-refractivity contribution in [3.8, 4) is 0 Å². The smallest absolute Gasteiger partial charge is 0.325 e. The Morgan fingerprint density at radius 3 is 2.20 bits per heavy atom. The molecular weight excluding hydrogens is 159 g/mol. The SMILES string of the molecule is O=C(O)CCCP(=O)(O)O. The molecule has 0 aromatic heterocycles. The van der Waals surface area contributed by atoms with E-state index in [-0.39, 0.29) is 19.0 Å². The third-order valence-electron chi connectivity index (χ3n) is 0.840. The lowest BCUT2D eigenvalue weighted by molar-refractivity contribution is -0.137. The summed E-state index contributed by atoms with van der Waals surface area (Å²) in [6.45, 7) is 0. The minimum atomic E-state index is -3.99. The van der Waals surface area contributed by atoms with E-state index in [4.69, 9.17) is 14.9 Å². The molecule has 0 aliphatic carbocycles. The maximum absolute atomic E-state index is 10.1. The van der Waals surface area contributed by atoms with Gasteiger partial charge in [-0.25, -0.2) is 0 Å². The fourth-order valence-electron chi connectivity index (χ4n) is 0.436. The quantitative estimate of drug-likeness (QED) is 0.514. The minimum absolute atomic E-state index is 0.0274. The second-order valence-corrected chi connectivity index (χ2v) is 3.66. The zero-order valence-corrected chi connectivity index (χ0v) is 6.12. The van der Waals surface area contributed by atoms with Gasteiger partial charge < -0.3 is 14.9 Å². The van der Waals surface area contributed by atoms with E-state index < -0.39 is 13.6 Å². The lowest BCUT2D eigenvalue weighted by Crippen LogP contribution is -1.96. The van der Waals surface area contributed by atoms with Gasteiger partial charge in [0.2, 0.25) is 0 Å². The predicted molar refractivity (Wildman–Crippen MR) is 33.8 cm³/mol. The fourth-order valence-corrected chi connectivity index (χ4v) is 1.01. The van der Waals surface area contributed by atoms with Crippen LogP contribution >= 0.6 is 7.60 Å². The largest absolute Gasteiger partial charge is 0.481 e. The number of carbonyl (C=O) groups is 1. The second kappa shape index (κ2) is 3.71. The molecule has 3 N–H and O–H groups in total. The van der Waals surface area contributed by atoms with Crippen molar-refractivity contribution < 1.29 is 24.3 Å². The first-order valence-corrected chi connectivity index (χ1v) is 4.48. The van der Waals surface area contributed by atoms with Crippen LogP contribution in [0.4, 0.5) is 0 Å². The van der Waals surface area contributed by atoms with Gasteiger partial charge in [0.25, 0.3) is 0 Å². The van der Waals surface area contributed by atoms with Crippen LogP contribution in [0.25, 0.3) is 0 Å². The van der Waals surface area contributed by atoms with Crippen LogP contribution in [-0.4, -0.2) is 27.0 Å². The van der Waals surface area contributed by atoms with Crippen LogP contribution in [0.5, 0.6) is 0 Å². The summed E-state index contributed by atoms with van der Waals surface area (Å²) >= 11 is 0. The van der Waals surface area contributed by atoms with E-state index in [9.17, 15) is 9.36 Å². The normalized spacial score (nSPS) is 11.4. The van der Waals surface area contributed by atoms with Gasteiger partial charge in [-0.1, -0.05) is 0 Å². The molecule has 0 rings (SSSR count). The van der Waals surface area contributed by atoms with Crippen molar-refractivity contribution in [2.45, 2.75) is 12.8 Å². The molecule has 0 atom stereocenters. The second-order valence-electron chi connectivity index (χ2n) is 1.89. The number of carboxylic acid groups (broad SMARTS) is 1. The van der Waals surface area contributed by atoms with E-state index in [2.05, 4.69) is 0 Å². The summed E-state index contributed by atoms with van der Waals surface area (Å²) in [5.74, 6) is -1.03. The molecule has 0 bridgehead atoms. The van der Waals surface area contributed by atoms with Crippen molar-refractivity contribution in [1.82, 2.24) is 0 Å². The molecule has 0 aromatic rings. The van der Waals surface area contributed by atoms with E-state index in [0.717, 1.165) is 0 Å². The Labute approximate surface area is 57.8 Å².